The Morgan fingerprint density at radius 1 is 1.15 bits per heavy atom. The summed E-state index contributed by atoms with van der Waals surface area (Å²) < 4.78 is 53.3. The number of hydrogen-bond acceptors (Lipinski definition) is 3. The summed E-state index contributed by atoms with van der Waals surface area (Å²) in [5.41, 5.74) is 0. The largest absolute Gasteiger partial charge is 0.300 e. The molecule has 3 rings (SSSR count). The molecule has 2 saturated carbocycles. The summed E-state index contributed by atoms with van der Waals surface area (Å²) in [4.78, 5) is 2.20. The van der Waals surface area contributed by atoms with Crippen LogP contribution in [0.5, 0.6) is 0 Å². The molecule has 0 radical (unpaired) electrons. The van der Waals surface area contributed by atoms with Crippen LogP contribution in [0.25, 0.3) is 0 Å². The summed E-state index contributed by atoms with van der Waals surface area (Å²) in [6.45, 7) is 3.14. The predicted octanol–water partition coefficient (Wildman–Crippen LogP) is 0.360. The monoisotopic (exact) mass is 309 g/mol. The lowest BCUT2D eigenvalue weighted by Crippen LogP contribution is -2.52. The number of piperazine rings is 1. The number of nitrogens with one attached hydrogen (secondary N) is 1. The van der Waals surface area contributed by atoms with Crippen molar-refractivity contribution >= 4 is 10.2 Å². The average Bonchev–Trinajstić information content (AvgIpc) is 2.80. The van der Waals surface area contributed by atoms with Crippen molar-refractivity contribution in [3.63, 3.8) is 0 Å². The van der Waals surface area contributed by atoms with E-state index in [1.54, 1.807) is 0 Å². The van der Waals surface area contributed by atoms with E-state index >= 15 is 0 Å². The predicted molar refractivity (Wildman–Crippen MR) is 70.6 cm³/mol. The lowest BCUT2D eigenvalue weighted by atomic mass is 10.0. The number of alkyl halides is 2. The highest BCUT2D eigenvalue weighted by atomic mass is 32.2. The molecule has 0 bridgehead atoms. The van der Waals surface area contributed by atoms with Crippen molar-refractivity contribution < 1.29 is 17.2 Å². The molecule has 1 aliphatic heterocycles. The fourth-order valence-corrected chi connectivity index (χ4v) is 4.62. The SMILES string of the molecule is CNS(=O)(=O)N1CCN(CC2CC3C(C2)C3(F)F)CC1. The number of fused-ring (bicyclic) bond motifs is 1. The first-order valence-electron chi connectivity index (χ1n) is 7.13. The van der Waals surface area contributed by atoms with Gasteiger partial charge in [-0.05, 0) is 18.8 Å². The molecule has 2 atom stereocenters. The molecule has 0 aromatic rings. The van der Waals surface area contributed by atoms with Crippen molar-refractivity contribution in [1.29, 1.82) is 0 Å². The maximum Gasteiger partial charge on any atom is 0.279 e. The van der Waals surface area contributed by atoms with Gasteiger partial charge in [0.1, 0.15) is 0 Å². The molecule has 2 aliphatic carbocycles. The van der Waals surface area contributed by atoms with Gasteiger partial charge in [0.2, 0.25) is 0 Å². The Morgan fingerprint density at radius 2 is 1.70 bits per heavy atom. The van der Waals surface area contributed by atoms with E-state index < -0.39 is 16.1 Å². The second kappa shape index (κ2) is 4.86. The molecule has 3 fully saturated rings. The maximum absolute atomic E-state index is 13.1. The van der Waals surface area contributed by atoms with Crippen molar-refractivity contribution in [1.82, 2.24) is 13.9 Å². The molecule has 0 amide bonds. The van der Waals surface area contributed by atoms with Crippen molar-refractivity contribution in [2.45, 2.75) is 18.8 Å². The Morgan fingerprint density at radius 3 is 2.20 bits per heavy atom. The average molecular weight is 309 g/mol. The summed E-state index contributed by atoms with van der Waals surface area (Å²) in [6.07, 6.45) is 1.26. The van der Waals surface area contributed by atoms with Crippen molar-refractivity contribution in [2.24, 2.45) is 17.8 Å². The van der Waals surface area contributed by atoms with Crippen LogP contribution in [0.3, 0.4) is 0 Å². The van der Waals surface area contributed by atoms with Crippen LogP contribution in [-0.4, -0.2) is 63.3 Å². The molecule has 5 nitrogen and oxygen atoms in total. The third-order valence-corrected chi connectivity index (χ3v) is 6.55. The zero-order chi connectivity index (χ0) is 14.5. The fourth-order valence-electron chi connectivity index (χ4n) is 3.71. The third-order valence-electron chi connectivity index (χ3n) is 4.99. The van der Waals surface area contributed by atoms with E-state index in [4.69, 9.17) is 0 Å². The second-order valence-electron chi connectivity index (χ2n) is 6.13. The minimum Gasteiger partial charge on any atom is -0.300 e. The molecule has 0 spiro atoms. The maximum atomic E-state index is 13.1. The van der Waals surface area contributed by atoms with E-state index in [2.05, 4.69) is 9.62 Å². The Kier molecular flexibility index (Phi) is 3.55. The number of nitrogens with zero attached hydrogens (tertiary/aromatic N) is 2. The van der Waals surface area contributed by atoms with Crippen LogP contribution < -0.4 is 4.72 Å². The second-order valence-corrected chi connectivity index (χ2v) is 8.01. The summed E-state index contributed by atoms with van der Waals surface area (Å²) in [5, 5.41) is 0. The molecule has 0 aromatic carbocycles. The lowest BCUT2D eigenvalue weighted by Gasteiger charge is -2.35. The van der Waals surface area contributed by atoms with Crippen LogP contribution in [-0.2, 0) is 10.2 Å². The van der Waals surface area contributed by atoms with Gasteiger partial charge in [0.25, 0.3) is 16.1 Å². The standard InChI is InChI=1S/C12H21F2N3O2S/c1-15-20(18,19)17-4-2-16(3-5-17)8-9-6-10-11(7-9)12(10,13)14/h9-11,15H,2-8H2,1H3. The van der Waals surface area contributed by atoms with Gasteiger partial charge in [-0.1, -0.05) is 0 Å². The van der Waals surface area contributed by atoms with Crippen LogP contribution in [0.15, 0.2) is 0 Å². The van der Waals surface area contributed by atoms with Gasteiger partial charge in [-0.25, -0.2) is 13.5 Å². The highest BCUT2D eigenvalue weighted by molar-refractivity contribution is 7.87. The molecule has 3 aliphatic rings. The van der Waals surface area contributed by atoms with Gasteiger partial charge in [-0.2, -0.15) is 12.7 Å². The molecule has 2 unspecified atom stereocenters. The van der Waals surface area contributed by atoms with Crippen LogP contribution in [0.2, 0.25) is 0 Å². The quantitative estimate of drug-likeness (QED) is 0.816. The van der Waals surface area contributed by atoms with Gasteiger partial charge in [-0.15, -0.1) is 0 Å². The molecule has 20 heavy (non-hydrogen) atoms. The van der Waals surface area contributed by atoms with Gasteiger partial charge in [-0.3, -0.25) is 0 Å². The summed E-state index contributed by atoms with van der Waals surface area (Å²) >= 11 is 0. The van der Waals surface area contributed by atoms with Crippen molar-refractivity contribution in [3.8, 4) is 0 Å². The Hall–Kier alpha value is -0.310. The van der Waals surface area contributed by atoms with Crippen LogP contribution >= 0.6 is 0 Å². The third kappa shape index (κ3) is 2.47. The smallest absolute Gasteiger partial charge is 0.279 e. The van der Waals surface area contributed by atoms with Gasteiger partial charge in [0, 0.05) is 51.6 Å². The topological polar surface area (TPSA) is 52.7 Å². The van der Waals surface area contributed by atoms with Crippen LogP contribution in [0, 0.1) is 17.8 Å². The first kappa shape index (κ1) is 14.6. The number of hydrogen-bond donors (Lipinski definition) is 1. The minimum atomic E-state index is -3.33. The Balaban J connectivity index is 1.44. The molecule has 0 aromatic heterocycles. The van der Waals surface area contributed by atoms with E-state index in [-0.39, 0.29) is 11.8 Å². The van der Waals surface area contributed by atoms with E-state index in [0.717, 1.165) is 6.54 Å². The lowest BCUT2D eigenvalue weighted by molar-refractivity contribution is 0.0567. The molecular weight excluding hydrogens is 288 g/mol. The van der Waals surface area contributed by atoms with Gasteiger partial charge in [0.05, 0.1) is 0 Å². The van der Waals surface area contributed by atoms with Crippen LogP contribution in [0.4, 0.5) is 8.78 Å². The van der Waals surface area contributed by atoms with E-state index in [9.17, 15) is 17.2 Å². The Labute approximate surface area is 118 Å². The summed E-state index contributed by atoms with van der Waals surface area (Å²) in [7, 11) is -1.92. The van der Waals surface area contributed by atoms with Gasteiger partial charge >= 0.3 is 0 Å². The molecule has 1 N–H and O–H groups in total. The fraction of sp³-hybridized carbons (Fsp3) is 1.00. The zero-order valence-corrected chi connectivity index (χ0v) is 12.4. The minimum absolute atomic E-state index is 0.358. The molecule has 1 saturated heterocycles. The first-order chi connectivity index (χ1) is 9.34. The zero-order valence-electron chi connectivity index (χ0n) is 11.6. The first-order valence-corrected chi connectivity index (χ1v) is 8.57. The molecule has 116 valence electrons. The highest BCUT2D eigenvalue weighted by Gasteiger charge is 2.71. The van der Waals surface area contributed by atoms with E-state index in [0.29, 0.717) is 44.9 Å². The van der Waals surface area contributed by atoms with Crippen molar-refractivity contribution in [2.75, 3.05) is 39.8 Å². The highest BCUT2D eigenvalue weighted by Crippen LogP contribution is 2.65. The van der Waals surface area contributed by atoms with Crippen molar-refractivity contribution in [3.05, 3.63) is 0 Å². The summed E-state index contributed by atoms with van der Waals surface area (Å²) in [5.74, 6) is -2.79. The van der Waals surface area contributed by atoms with E-state index in [1.807, 2.05) is 0 Å². The number of rotatable bonds is 4. The molecule has 1 heterocycles. The Bertz CT molecular complexity index is 463. The normalized spacial score (nSPS) is 37.9. The van der Waals surface area contributed by atoms with Crippen LogP contribution in [0.1, 0.15) is 12.8 Å². The van der Waals surface area contributed by atoms with Gasteiger partial charge in [0.15, 0.2) is 0 Å². The van der Waals surface area contributed by atoms with E-state index in [1.165, 1.54) is 11.4 Å². The van der Waals surface area contributed by atoms with Gasteiger partial charge < -0.3 is 4.90 Å². The summed E-state index contributed by atoms with van der Waals surface area (Å²) in [6, 6.07) is 0. The number of halogens is 2. The molecule has 8 heteroatoms. The molecular formula is C12H21F2N3O2S.